The monoisotopic (exact) mass is 361 g/mol. The molecule has 0 aliphatic rings. The van der Waals surface area contributed by atoms with Crippen molar-refractivity contribution in [2.75, 3.05) is 19.0 Å². The molecule has 27 heavy (non-hydrogen) atoms. The fourth-order valence-electron chi connectivity index (χ4n) is 3.05. The summed E-state index contributed by atoms with van der Waals surface area (Å²) in [6.45, 7) is 3.14. The number of hydrogen-bond acceptors (Lipinski definition) is 4. The van der Waals surface area contributed by atoms with Gasteiger partial charge in [0.2, 0.25) is 0 Å². The molecule has 0 atom stereocenters. The number of hydrogen-bond donors (Lipinski definition) is 1. The van der Waals surface area contributed by atoms with Gasteiger partial charge in [-0.25, -0.2) is 0 Å². The maximum Gasteiger partial charge on any atom is 0.149 e. The van der Waals surface area contributed by atoms with Gasteiger partial charge in [0.25, 0.3) is 0 Å². The maximum absolute atomic E-state index is 5.29. The van der Waals surface area contributed by atoms with E-state index in [0.29, 0.717) is 0 Å². The zero-order chi connectivity index (χ0) is 18.9. The van der Waals surface area contributed by atoms with Crippen LogP contribution in [0.15, 0.2) is 60.7 Å². The van der Waals surface area contributed by atoms with Crippen LogP contribution in [0.4, 0.5) is 5.82 Å². The Kier molecular flexibility index (Phi) is 6.80. The lowest BCUT2D eigenvalue weighted by Crippen LogP contribution is -2.05. The number of methoxy groups -OCH3 is 1. The SMILES string of the molecule is CCCCCCNc1cc(-c2ccc(OC)cc2)c(-c2ccccc2)nn1. The minimum Gasteiger partial charge on any atom is -0.497 e. The van der Waals surface area contributed by atoms with Crippen molar-refractivity contribution in [2.45, 2.75) is 32.6 Å². The van der Waals surface area contributed by atoms with Gasteiger partial charge in [-0.15, -0.1) is 10.2 Å². The molecule has 0 fully saturated rings. The van der Waals surface area contributed by atoms with Crippen LogP contribution in [0.3, 0.4) is 0 Å². The number of unbranched alkanes of at least 4 members (excludes halogenated alkanes) is 3. The highest BCUT2D eigenvalue weighted by molar-refractivity contribution is 5.82. The number of aromatic nitrogens is 2. The Morgan fingerprint density at radius 3 is 2.33 bits per heavy atom. The second-order valence-corrected chi connectivity index (χ2v) is 6.57. The molecule has 0 saturated carbocycles. The molecule has 1 heterocycles. The van der Waals surface area contributed by atoms with Crippen molar-refractivity contribution in [3.05, 3.63) is 60.7 Å². The van der Waals surface area contributed by atoms with Crippen LogP contribution >= 0.6 is 0 Å². The Balaban J connectivity index is 1.89. The smallest absolute Gasteiger partial charge is 0.149 e. The number of benzene rings is 2. The third-order valence-electron chi connectivity index (χ3n) is 4.58. The van der Waals surface area contributed by atoms with Crippen LogP contribution in [0, 0.1) is 0 Å². The lowest BCUT2D eigenvalue weighted by Gasteiger charge is -2.12. The van der Waals surface area contributed by atoms with Crippen LogP contribution in [0.2, 0.25) is 0 Å². The van der Waals surface area contributed by atoms with E-state index in [1.165, 1.54) is 19.3 Å². The van der Waals surface area contributed by atoms with Gasteiger partial charge in [-0.1, -0.05) is 68.7 Å². The third kappa shape index (κ3) is 5.07. The Labute approximate surface area is 161 Å². The molecular weight excluding hydrogens is 334 g/mol. The molecule has 0 amide bonds. The lowest BCUT2D eigenvalue weighted by molar-refractivity contribution is 0.415. The third-order valence-corrected chi connectivity index (χ3v) is 4.58. The lowest BCUT2D eigenvalue weighted by atomic mass is 10.00. The summed E-state index contributed by atoms with van der Waals surface area (Å²) in [5.74, 6) is 1.66. The van der Waals surface area contributed by atoms with Gasteiger partial charge in [0, 0.05) is 17.7 Å². The molecule has 0 bridgehead atoms. The zero-order valence-corrected chi connectivity index (χ0v) is 16.1. The van der Waals surface area contributed by atoms with E-state index in [1.54, 1.807) is 7.11 Å². The van der Waals surface area contributed by atoms with Crippen LogP contribution in [0.5, 0.6) is 5.75 Å². The number of ether oxygens (including phenoxy) is 1. The average molecular weight is 361 g/mol. The first-order valence-corrected chi connectivity index (χ1v) is 9.63. The topological polar surface area (TPSA) is 47.0 Å². The largest absolute Gasteiger partial charge is 0.497 e. The van der Waals surface area contributed by atoms with E-state index >= 15 is 0 Å². The molecule has 3 rings (SSSR count). The predicted octanol–water partition coefficient (Wildman–Crippen LogP) is 5.81. The molecular formula is C23H27N3O. The van der Waals surface area contributed by atoms with E-state index in [-0.39, 0.29) is 0 Å². The Morgan fingerprint density at radius 2 is 1.63 bits per heavy atom. The maximum atomic E-state index is 5.29. The number of nitrogens with zero attached hydrogens (tertiary/aromatic N) is 2. The molecule has 0 aliphatic heterocycles. The number of anilines is 1. The summed E-state index contributed by atoms with van der Waals surface area (Å²) in [6, 6.07) is 20.4. The standard InChI is InChI=1S/C23H27N3O/c1-3-4-5-9-16-24-22-17-21(18-12-14-20(27-2)15-13-18)23(26-25-22)19-10-7-6-8-11-19/h6-8,10-15,17H,3-5,9,16H2,1-2H3,(H,24,25). The molecule has 4 nitrogen and oxygen atoms in total. The average Bonchev–Trinajstić information content (AvgIpc) is 2.74. The van der Waals surface area contributed by atoms with Crippen molar-refractivity contribution in [3.63, 3.8) is 0 Å². The van der Waals surface area contributed by atoms with Gasteiger partial charge >= 0.3 is 0 Å². The summed E-state index contributed by atoms with van der Waals surface area (Å²) in [4.78, 5) is 0. The zero-order valence-electron chi connectivity index (χ0n) is 16.1. The highest BCUT2D eigenvalue weighted by Crippen LogP contribution is 2.32. The predicted molar refractivity (Wildman–Crippen MR) is 112 cm³/mol. The molecule has 2 aromatic carbocycles. The fourth-order valence-corrected chi connectivity index (χ4v) is 3.05. The molecule has 1 N–H and O–H groups in total. The summed E-state index contributed by atoms with van der Waals surface area (Å²) < 4.78 is 5.29. The van der Waals surface area contributed by atoms with E-state index in [1.807, 2.05) is 30.3 Å². The van der Waals surface area contributed by atoms with Crippen molar-refractivity contribution >= 4 is 5.82 Å². The second-order valence-electron chi connectivity index (χ2n) is 6.57. The Morgan fingerprint density at radius 1 is 0.852 bits per heavy atom. The molecule has 0 radical (unpaired) electrons. The van der Waals surface area contributed by atoms with Gasteiger partial charge in [0.1, 0.15) is 17.3 Å². The molecule has 0 unspecified atom stereocenters. The van der Waals surface area contributed by atoms with Gasteiger partial charge in [-0.05, 0) is 30.2 Å². The molecule has 0 saturated heterocycles. The van der Waals surface area contributed by atoms with Crippen molar-refractivity contribution in [3.8, 4) is 28.1 Å². The summed E-state index contributed by atoms with van der Waals surface area (Å²) in [5.41, 5.74) is 4.11. The normalized spacial score (nSPS) is 10.6. The quantitative estimate of drug-likeness (QED) is 0.488. The van der Waals surface area contributed by atoms with Crippen LogP contribution < -0.4 is 10.1 Å². The summed E-state index contributed by atoms with van der Waals surface area (Å²) in [5, 5.41) is 12.4. The summed E-state index contributed by atoms with van der Waals surface area (Å²) in [7, 11) is 1.68. The summed E-state index contributed by atoms with van der Waals surface area (Å²) >= 11 is 0. The van der Waals surface area contributed by atoms with Crippen LogP contribution in [-0.4, -0.2) is 23.9 Å². The molecule has 140 valence electrons. The molecule has 1 aromatic heterocycles. The number of nitrogens with one attached hydrogen (secondary N) is 1. The highest BCUT2D eigenvalue weighted by Gasteiger charge is 2.12. The van der Waals surface area contributed by atoms with E-state index in [4.69, 9.17) is 4.74 Å². The van der Waals surface area contributed by atoms with E-state index in [0.717, 1.165) is 46.9 Å². The van der Waals surface area contributed by atoms with Crippen molar-refractivity contribution < 1.29 is 4.74 Å². The molecule has 3 aromatic rings. The first-order valence-electron chi connectivity index (χ1n) is 9.63. The number of rotatable bonds is 9. The van der Waals surface area contributed by atoms with Crippen molar-refractivity contribution in [1.82, 2.24) is 10.2 Å². The first kappa shape index (κ1) is 18.9. The summed E-state index contributed by atoms with van der Waals surface area (Å²) in [6.07, 6.45) is 4.91. The van der Waals surface area contributed by atoms with Gasteiger partial charge in [-0.3, -0.25) is 0 Å². The Hall–Kier alpha value is -2.88. The molecule has 4 heteroatoms. The molecule has 0 aliphatic carbocycles. The van der Waals surface area contributed by atoms with Crippen LogP contribution in [0.25, 0.3) is 22.4 Å². The van der Waals surface area contributed by atoms with Crippen molar-refractivity contribution in [2.24, 2.45) is 0 Å². The van der Waals surface area contributed by atoms with Gasteiger partial charge < -0.3 is 10.1 Å². The van der Waals surface area contributed by atoms with Crippen molar-refractivity contribution in [1.29, 1.82) is 0 Å². The highest BCUT2D eigenvalue weighted by atomic mass is 16.5. The van der Waals surface area contributed by atoms with Crippen LogP contribution in [-0.2, 0) is 0 Å². The minimum absolute atomic E-state index is 0.817. The van der Waals surface area contributed by atoms with Gasteiger partial charge in [0.05, 0.1) is 7.11 Å². The van der Waals surface area contributed by atoms with Gasteiger partial charge in [-0.2, -0.15) is 0 Å². The first-order chi connectivity index (χ1) is 13.3. The van der Waals surface area contributed by atoms with E-state index < -0.39 is 0 Å². The minimum atomic E-state index is 0.817. The van der Waals surface area contributed by atoms with E-state index in [9.17, 15) is 0 Å². The second kappa shape index (κ2) is 9.72. The van der Waals surface area contributed by atoms with E-state index in [2.05, 4.69) is 52.8 Å². The Bertz CT molecular complexity index is 832. The van der Waals surface area contributed by atoms with Crippen LogP contribution in [0.1, 0.15) is 32.6 Å². The fraction of sp³-hybridized carbons (Fsp3) is 0.304. The molecule has 0 spiro atoms. The van der Waals surface area contributed by atoms with Gasteiger partial charge in [0.15, 0.2) is 0 Å².